The maximum absolute atomic E-state index is 6.07. The van der Waals surface area contributed by atoms with Gasteiger partial charge in [-0.3, -0.25) is 4.90 Å². The van der Waals surface area contributed by atoms with Crippen LogP contribution in [0.3, 0.4) is 0 Å². The second-order valence-electron chi connectivity index (χ2n) is 6.21. The minimum atomic E-state index is -0.0623. The van der Waals surface area contributed by atoms with Crippen LogP contribution in [0.5, 0.6) is 5.75 Å². The van der Waals surface area contributed by atoms with Gasteiger partial charge in [0.25, 0.3) is 0 Å². The lowest BCUT2D eigenvalue weighted by atomic mass is 9.92. The molecule has 4 nitrogen and oxygen atoms in total. The standard InChI is InChI=1S/C17H28N2O2/c1-13-10-14(6-7-16(13)20-3)15(11-18)19-9-5-8-17(2,12-19)21-4/h6-7,10,15H,5,8-9,11-12,18H2,1-4H3. The van der Waals surface area contributed by atoms with Crippen LogP contribution in [0.15, 0.2) is 18.2 Å². The van der Waals surface area contributed by atoms with Gasteiger partial charge >= 0.3 is 0 Å². The zero-order valence-electron chi connectivity index (χ0n) is 13.7. The van der Waals surface area contributed by atoms with Gasteiger partial charge in [0.05, 0.1) is 12.7 Å². The Morgan fingerprint density at radius 1 is 1.38 bits per heavy atom. The first-order valence-electron chi connectivity index (χ1n) is 7.67. The minimum Gasteiger partial charge on any atom is -0.496 e. The number of rotatable bonds is 5. The Balaban J connectivity index is 2.21. The molecule has 2 rings (SSSR count). The smallest absolute Gasteiger partial charge is 0.121 e. The van der Waals surface area contributed by atoms with E-state index in [2.05, 4.69) is 30.9 Å². The Labute approximate surface area is 128 Å². The highest BCUT2D eigenvalue weighted by atomic mass is 16.5. The molecule has 0 aromatic heterocycles. The number of hydrogen-bond acceptors (Lipinski definition) is 4. The molecule has 0 radical (unpaired) electrons. The van der Waals surface area contributed by atoms with Crippen LogP contribution in [0.4, 0.5) is 0 Å². The summed E-state index contributed by atoms with van der Waals surface area (Å²) in [5.41, 5.74) is 8.42. The summed E-state index contributed by atoms with van der Waals surface area (Å²) in [6.45, 7) is 6.88. The van der Waals surface area contributed by atoms with Crippen LogP contribution in [0.2, 0.25) is 0 Å². The van der Waals surface area contributed by atoms with E-state index in [-0.39, 0.29) is 11.6 Å². The lowest BCUT2D eigenvalue weighted by Gasteiger charge is -2.43. The highest BCUT2D eigenvalue weighted by molar-refractivity contribution is 5.37. The van der Waals surface area contributed by atoms with Crippen molar-refractivity contribution in [3.05, 3.63) is 29.3 Å². The first kappa shape index (κ1) is 16.3. The van der Waals surface area contributed by atoms with Gasteiger partial charge in [-0.05, 0) is 50.4 Å². The monoisotopic (exact) mass is 292 g/mol. The maximum atomic E-state index is 6.07. The van der Waals surface area contributed by atoms with Crippen molar-refractivity contribution in [2.45, 2.75) is 38.3 Å². The summed E-state index contributed by atoms with van der Waals surface area (Å²) in [5, 5.41) is 0. The van der Waals surface area contributed by atoms with E-state index in [4.69, 9.17) is 15.2 Å². The molecule has 2 unspecified atom stereocenters. The van der Waals surface area contributed by atoms with Crippen molar-refractivity contribution in [2.24, 2.45) is 5.73 Å². The number of hydrogen-bond donors (Lipinski definition) is 1. The van der Waals surface area contributed by atoms with Gasteiger partial charge in [0, 0.05) is 26.2 Å². The molecule has 0 amide bonds. The number of aryl methyl sites for hydroxylation is 1. The fraction of sp³-hybridized carbons (Fsp3) is 0.647. The highest BCUT2D eigenvalue weighted by Crippen LogP contribution is 2.31. The molecule has 1 aliphatic rings. The molecule has 1 aromatic carbocycles. The van der Waals surface area contributed by atoms with E-state index in [0.717, 1.165) is 37.2 Å². The van der Waals surface area contributed by atoms with Crippen LogP contribution in [0.1, 0.15) is 36.9 Å². The van der Waals surface area contributed by atoms with Crippen molar-refractivity contribution in [3.63, 3.8) is 0 Å². The van der Waals surface area contributed by atoms with E-state index in [1.807, 2.05) is 6.07 Å². The van der Waals surface area contributed by atoms with E-state index in [9.17, 15) is 0 Å². The summed E-state index contributed by atoms with van der Waals surface area (Å²) in [5.74, 6) is 0.926. The molecule has 1 fully saturated rings. The Morgan fingerprint density at radius 3 is 2.71 bits per heavy atom. The van der Waals surface area contributed by atoms with Crippen molar-refractivity contribution in [2.75, 3.05) is 33.9 Å². The molecule has 1 saturated heterocycles. The maximum Gasteiger partial charge on any atom is 0.121 e. The average Bonchev–Trinajstić information content (AvgIpc) is 2.48. The largest absolute Gasteiger partial charge is 0.496 e. The SMILES string of the molecule is COc1ccc(C(CN)N2CCCC(C)(OC)C2)cc1C. The number of benzene rings is 1. The average molecular weight is 292 g/mol. The van der Waals surface area contributed by atoms with Gasteiger partial charge in [0.15, 0.2) is 0 Å². The fourth-order valence-electron chi connectivity index (χ4n) is 3.28. The Bertz CT molecular complexity index is 478. The molecular weight excluding hydrogens is 264 g/mol. The molecule has 1 aliphatic heterocycles. The molecule has 0 bridgehead atoms. The summed E-state index contributed by atoms with van der Waals surface area (Å²) in [4.78, 5) is 2.45. The third-order valence-electron chi connectivity index (χ3n) is 4.65. The summed E-state index contributed by atoms with van der Waals surface area (Å²) in [6.07, 6.45) is 2.26. The van der Waals surface area contributed by atoms with E-state index < -0.39 is 0 Å². The molecule has 2 atom stereocenters. The molecule has 2 N–H and O–H groups in total. The molecule has 0 saturated carbocycles. The molecule has 118 valence electrons. The van der Waals surface area contributed by atoms with Crippen molar-refractivity contribution < 1.29 is 9.47 Å². The van der Waals surface area contributed by atoms with Gasteiger partial charge in [-0.15, -0.1) is 0 Å². The fourth-order valence-corrected chi connectivity index (χ4v) is 3.28. The second kappa shape index (κ2) is 6.77. The van der Waals surface area contributed by atoms with Gasteiger partial charge < -0.3 is 15.2 Å². The molecule has 1 heterocycles. The van der Waals surface area contributed by atoms with Gasteiger partial charge in [-0.2, -0.15) is 0 Å². The zero-order valence-corrected chi connectivity index (χ0v) is 13.7. The zero-order chi connectivity index (χ0) is 15.5. The van der Waals surface area contributed by atoms with Crippen molar-refractivity contribution in [1.29, 1.82) is 0 Å². The van der Waals surface area contributed by atoms with Crippen LogP contribution in [0.25, 0.3) is 0 Å². The van der Waals surface area contributed by atoms with Crippen LogP contribution >= 0.6 is 0 Å². The Morgan fingerprint density at radius 2 is 2.14 bits per heavy atom. The third kappa shape index (κ3) is 3.57. The van der Waals surface area contributed by atoms with Gasteiger partial charge in [-0.25, -0.2) is 0 Å². The van der Waals surface area contributed by atoms with Crippen molar-refractivity contribution in [1.82, 2.24) is 4.90 Å². The molecule has 0 aliphatic carbocycles. The van der Waals surface area contributed by atoms with E-state index in [1.165, 1.54) is 5.56 Å². The quantitative estimate of drug-likeness (QED) is 0.906. The van der Waals surface area contributed by atoms with Crippen LogP contribution < -0.4 is 10.5 Å². The summed E-state index contributed by atoms with van der Waals surface area (Å²) >= 11 is 0. The predicted molar refractivity (Wildman–Crippen MR) is 85.7 cm³/mol. The first-order chi connectivity index (χ1) is 10.0. The van der Waals surface area contributed by atoms with Gasteiger partial charge in [-0.1, -0.05) is 12.1 Å². The highest BCUT2D eigenvalue weighted by Gasteiger charge is 2.34. The second-order valence-corrected chi connectivity index (χ2v) is 6.21. The summed E-state index contributed by atoms with van der Waals surface area (Å²) in [6, 6.07) is 6.59. The number of nitrogens with two attached hydrogens (primary N) is 1. The number of piperidine rings is 1. The topological polar surface area (TPSA) is 47.7 Å². The number of ether oxygens (including phenoxy) is 2. The summed E-state index contributed by atoms with van der Waals surface area (Å²) < 4.78 is 11.0. The van der Waals surface area contributed by atoms with Gasteiger partial charge in [0.2, 0.25) is 0 Å². The minimum absolute atomic E-state index is 0.0623. The summed E-state index contributed by atoms with van der Waals surface area (Å²) in [7, 11) is 3.51. The lowest BCUT2D eigenvalue weighted by Crippen LogP contribution is -2.49. The van der Waals surface area contributed by atoms with E-state index >= 15 is 0 Å². The Kier molecular flexibility index (Phi) is 5.25. The van der Waals surface area contributed by atoms with Crippen molar-refractivity contribution in [3.8, 4) is 5.75 Å². The van der Waals surface area contributed by atoms with Gasteiger partial charge in [0.1, 0.15) is 5.75 Å². The van der Waals surface area contributed by atoms with Crippen LogP contribution in [-0.2, 0) is 4.74 Å². The van der Waals surface area contributed by atoms with Crippen LogP contribution in [0, 0.1) is 6.92 Å². The molecule has 4 heteroatoms. The first-order valence-corrected chi connectivity index (χ1v) is 7.67. The molecule has 21 heavy (non-hydrogen) atoms. The van der Waals surface area contributed by atoms with Crippen molar-refractivity contribution >= 4 is 0 Å². The molecule has 1 aromatic rings. The Hall–Kier alpha value is -1.10. The van der Waals surface area contributed by atoms with E-state index in [0.29, 0.717) is 6.54 Å². The predicted octanol–water partition coefficient (Wildman–Crippen LogP) is 2.50. The number of nitrogens with zero attached hydrogens (tertiary/aromatic N) is 1. The normalized spacial score (nSPS) is 24.8. The van der Waals surface area contributed by atoms with E-state index in [1.54, 1.807) is 14.2 Å². The third-order valence-corrected chi connectivity index (χ3v) is 4.65. The van der Waals surface area contributed by atoms with Crippen LogP contribution in [-0.4, -0.2) is 44.4 Å². The molecule has 0 spiro atoms. The molecular formula is C17H28N2O2. The lowest BCUT2D eigenvalue weighted by molar-refractivity contribution is -0.0608. The number of methoxy groups -OCH3 is 2. The number of likely N-dealkylation sites (tertiary alicyclic amines) is 1.